The first-order chi connectivity index (χ1) is 22.9. The topological polar surface area (TPSA) is 268 Å². The van der Waals surface area contributed by atoms with Crippen LogP contribution in [0.3, 0.4) is 0 Å². The summed E-state index contributed by atoms with van der Waals surface area (Å²) in [4.78, 5) is 71.6. The summed E-state index contributed by atoms with van der Waals surface area (Å²) in [6.07, 6.45) is 0.203. The molecule has 0 bridgehead atoms. The second kappa shape index (κ2) is 24.8. The standard InChI is InChI=1S/C34H59NO14/c1-5-6-12-21(3)32(49-31(43)18-24(34(46)47)16-29(40)41)27(48-30(42)17-23(33(44)45)15-28(38)39)14-20(2)11-9-7-8-10-13-25(36)19-26(37)22(4)35/h20-27,32,36-37H,5-19,35H2,1-4H3,(H,38,39)(H,40,41)(H,44,45)(H,46,47)/t20-,21+,22-,23+,24+,25+,26-,27-,32+/m0/s1/i15+1,16+1,28+1,29+1. The first kappa shape index (κ1) is 45.7. The minimum Gasteiger partial charge on any atom is -0.481 e. The molecule has 0 saturated carbocycles. The number of carbonyl (C=O) groups excluding carboxylic acids is 2. The fourth-order valence-corrected chi connectivity index (χ4v) is 5.58. The minimum absolute atomic E-state index is 0.0859. The second-order valence-corrected chi connectivity index (χ2v) is 13.4. The van der Waals surface area contributed by atoms with E-state index < -0.39 is 110 Å². The molecule has 0 aromatic rings. The van der Waals surface area contributed by atoms with E-state index in [1.807, 2.05) is 13.8 Å². The van der Waals surface area contributed by atoms with Gasteiger partial charge in [-0.15, -0.1) is 0 Å². The molecule has 0 heterocycles. The highest BCUT2D eigenvalue weighted by atomic mass is 16.6. The number of carbonyl (C=O) groups is 6. The van der Waals surface area contributed by atoms with Gasteiger partial charge in [-0.25, -0.2) is 0 Å². The predicted molar refractivity (Wildman–Crippen MR) is 176 cm³/mol. The van der Waals surface area contributed by atoms with Crippen molar-refractivity contribution in [1.82, 2.24) is 0 Å². The van der Waals surface area contributed by atoms with Crippen LogP contribution in [0.15, 0.2) is 0 Å². The van der Waals surface area contributed by atoms with Crippen LogP contribution < -0.4 is 5.73 Å². The van der Waals surface area contributed by atoms with Gasteiger partial charge in [0.25, 0.3) is 0 Å². The van der Waals surface area contributed by atoms with Crippen molar-refractivity contribution in [3.05, 3.63) is 0 Å². The Labute approximate surface area is 288 Å². The second-order valence-electron chi connectivity index (χ2n) is 13.4. The van der Waals surface area contributed by atoms with E-state index in [-0.39, 0.29) is 18.8 Å². The molecule has 15 nitrogen and oxygen atoms in total. The molecule has 0 aliphatic heterocycles. The molecule has 8 N–H and O–H groups in total. The third-order valence-electron chi connectivity index (χ3n) is 8.60. The average molecular weight is 710 g/mol. The number of aliphatic carboxylic acids is 4. The van der Waals surface area contributed by atoms with E-state index in [0.29, 0.717) is 19.3 Å². The van der Waals surface area contributed by atoms with Crippen LogP contribution in [0.4, 0.5) is 0 Å². The smallest absolute Gasteiger partial charge is 0.307 e. The maximum atomic E-state index is 13.0. The third-order valence-corrected chi connectivity index (χ3v) is 8.60. The molecule has 0 aromatic heterocycles. The zero-order valence-electron chi connectivity index (χ0n) is 29.3. The molecular weight excluding hydrogens is 650 g/mol. The van der Waals surface area contributed by atoms with E-state index in [0.717, 1.165) is 38.5 Å². The largest absolute Gasteiger partial charge is 0.481 e. The molecule has 0 radical (unpaired) electrons. The number of aliphatic hydroxyl groups is 2. The lowest BCUT2D eigenvalue weighted by Gasteiger charge is -2.33. The van der Waals surface area contributed by atoms with Gasteiger partial charge in [0.2, 0.25) is 0 Å². The highest BCUT2D eigenvalue weighted by molar-refractivity contribution is 5.83. The van der Waals surface area contributed by atoms with Gasteiger partial charge < -0.3 is 45.8 Å². The van der Waals surface area contributed by atoms with Crippen molar-refractivity contribution in [1.29, 1.82) is 0 Å². The van der Waals surface area contributed by atoms with Crippen LogP contribution in [-0.4, -0.2) is 96.9 Å². The summed E-state index contributed by atoms with van der Waals surface area (Å²) in [5.74, 6) is -11.3. The molecule has 0 unspecified atom stereocenters. The van der Waals surface area contributed by atoms with E-state index in [2.05, 4.69) is 0 Å². The Morgan fingerprint density at radius 3 is 1.57 bits per heavy atom. The normalized spacial score (nSPS) is 17.0. The van der Waals surface area contributed by atoms with Gasteiger partial charge in [-0.2, -0.15) is 0 Å². The first-order valence-electron chi connectivity index (χ1n) is 17.3. The number of ether oxygens (including phenoxy) is 2. The molecule has 49 heavy (non-hydrogen) atoms. The Morgan fingerprint density at radius 1 is 0.633 bits per heavy atom. The lowest BCUT2D eigenvalue weighted by atomic mass is 9.87. The van der Waals surface area contributed by atoms with Gasteiger partial charge in [-0.3, -0.25) is 28.8 Å². The Hall–Kier alpha value is -3.30. The molecule has 15 heteroatoms. The number of hydrogen-bond donors (Lipinski definition) is 7. The molecule has 0 aliphatic rings. The van der Waals surface area contributed by atoms with Crippen LogP contribution in [-0.2, 0) is 38.2 Å². The number of carboxylic acids is 4. The monoisotopic (exact) mass is 709 g/mol. The van der Waals surface area contributed by atoms with Crippen molar-refractivity contribution in [3.63, 3.8) is 0 Å². The van der Waals surface area contributed by atoms with Crippen molar-refractivity contribution >= 4 is 35.8 Å². The summed E-state index contributed by atoms with van der Waals surface area (Å²) in [5.41, 5.74) is 5.64. The molecule has 284 valence electrons. The van der Waals surface area contributed by atoms with E-state index in [4.69, 9.17) is 25.4 Å². The molecule has 0 rings (SSSR count). The number of unbranched alkanes of at least 4 members (excludes halogenated alkanes) is 4. The van der Waals surface area contributed by atoms with Crippen molar-refractivity contribution in [3.8, 4) is 0 Å². The number of nitrogens with two attached hydrogens (primary N) is 1. The molecule has 0 aliphatic carbocycles. The summed E-state index contributed by atoms with van der Waals surface area (Å²) in [5, 5.41) is 57.0. The van der Waals surface area contributed by atoms with Crippen molar-refractivity contribution in [2.75, 3.05) is 0 Å². The van der Waals surface area contributed by atoms with Gasteiger partial charge >= 0.3 is 35.8 Å². The van der Waals surface area contributed by atoms with E-state index in [1.165, 1.54) is 0 Å². The van der Waals surface area contributed by atoms with Gasteiger partial charge in [0.15, 0.2) is 0 Å². The maximum absolute atomic E-state index is 13.0. The summed E-state index contributed by atoms with van der Waals surface area (Å²) >= 11 is 0. The summed E-state index contributed by atoms with van der Waals surface area (Å²) < 4.78 is 11.5. The molecule has 0 fully saturated rings. The Balaban J connectivity index is 5.84. The van der Waals surface area contributed by atoms with Gasteiger partial charge in [-0.05, 0) is 38.0 Å². The van der Waals surface area contributed by atoms with Crippen LogP contribution in [0.5, 0.6) is 0 Å². The predicted octanol–water partition coefficient (Wildman–Crippen LogP) is 3.59. The summed E-state index contributed by atoms with van der Waals surface area (Å²) in [6, 6.07) is -0.432. The Morgan fingerprint density at radius 2 is 1.12 bits per heavy atom. The van der Waals surface area contributed by atoms with Crippen molar-refractivity contribution in [2.24, 2.45) is 29.4 Å². The summed E-state index contributed by atoms with van der Waals surface area (Å²) in [6.45, 7) is 7.31. The van der Waals surface area contributed by atoms with Gasteiger partial charge in [0.05, 0.1) is 49.7 Å². The SMILES string of the molecule is CCCC[C@@H](C)[C@@H](OC(=O)C[C@@H]([13CH2][13C](=O)O)C(=O)O)[C@H](C[C@@H](C)CCCCCC[C@@H](O)C[C@H](O)[C@H](C)N)OC(=O)C[C@@H]([13CH2][13C](=O)O)C(=O)O. The molecule has 0 saturated heterocycles. The molecule has 9 atom stereocenters. The quantitative estimate of drug-likeness (QED) is 0.0332. The van der Waals surface area contributed by atoms with Crippen LogP contribution >= 0.6 is 0 Å². The number of hydrogen-bond acceptors (Lipinski definition) is 11. The lowest BCUT2D eigenvalue weighted by Crippen LogP contribution is -2.42. The first-order valence-corrected chi connectivity index (χ1v) is 17.3. The van der Waals surface area contributed by atoms with Crippen molar-refractivity contribution < 1.29 is 68.9 Å². The molecule has 0 amide bonds. The van der Waals surface area contributed by atoms with Crippen LogP contribution in [0, 0.1) is 23.7 Å². The number of rotatable bonds is 29. The van der Waals surface area contributed by atoms with Crippen LogP contribution in [0.1, 0.15) is 124 Å². The Kier molecular flexibility index (Phi) is 23.1. The summed E-state index contributed by atoms with van der Waals surface area (Å²) in [7, 11) is 0. The van der Waals surface area contributed by atoms with Crippen molar-refractivity contribution in [2.45, 2.75) is 154 Å². The van der Waals surface area contributed by atoms with Gasteiger partial charge in [0.1, 0.15) is 12.2 Å². The average Bonchev–Trinajstić information content (AvgIpc) is 2.98. The zero-order valence-corrected chi connectivity index (χ0v) is 29.3. The van der Waals surface area contributed by atoms with Crippen LogP contribution in [0.2, 0.25) is 0 Å². The number of carboxylic acid groups (broad SMARTS) is 4. The highest BCUT2D eigenvalue weighted by Crippen LogP contribution is 2.29. The van der Waals surface area contributed by atoms with Gasteiger partial charge in [-0.1, -0.05) is 65.7 Å². The third kappa shape index (κ3) is 21.4. The van der Waals surface area contributed by atoms with E-state index in [9.17, 15) is 49.2 Å². The fraction of sp³-hybridized carbons (Fsp3) is 0.824. The fourth-order valence-electron chi connectivity index (χ4n) is 5.58. The lowest BCUT2D eigenvalue weighted by molar-refractivity contribution is -0.177. The molecular formula is C34H59NO14. The minimum atomic E-state index is -1.55. The van der Waals surface area contributed by atoms with Gasteiger partial charge in [0, 0.05) is 12.5 Å². The zero-order chi connectivity index (χ0) is 37.7. The number of esters is 2. The maximum Gasteiger partial charge on any atom is 0.307 e. The highest BCUT2D eigenvalue weighted by Gasteiger charge is 2.37. The molecule has 0 aromatic carbocycles. The van der Waals surface area contributed by atoms with Crippen LogP contribution in [0.25, 0.3) is 0 Å². The number of aliphatic hydroxyl groups excluding tert-OH is 2. The van der Waals surface area contributed by atoms with E-state index in [1.54, 1.807) is 13.8 Å². The Bertz CT molecular complexity index is 1030. The van der Waals surface area contributed by atoms with E-state index >= 15 is 0 Å². The molecule has 0 spiro atoms.